The maximum Gasteiger partial charge on any atom is 0.225 e. The minimum atomic E-state index is 0.151. The lowest BCUT2D eigenvalue weighted by atomic mass is 9.91. The SMILES string of the molecule is CC.CC(=O)N1CCCC(C(C)Nc2nc(C)cc(-n3cnc4ccccc43)n2)C1. The number of carbonyl (C=O) groups is 1. The third-order valence-corrected chi connectivity index (χ3v) is 5.51. The highest BCUT2D eigenvalue weighted by atomic mass is 16.2. The Balaban J connectivity index is 0.00000124. The van der Waals surface area contributed by atoms with E-state index in [1.54, 1.807) is 13.3 Å². The van der Waals surface area contributed by atoms with Gasteiger partial charge in [0.25, 0.3) is 0 Å². The van der Waals surface area contributed by atoms with Crippen LogP contribution in [0.2, 0.25) is 0 Å². The second-order valence-electron chi connectivity index (χ2n) is 7.59. The fourth-order valence-corrected chi connectivity index (χ4v) is 3.91. The van der Waals surface area contributed by atoms with Crippen molar-refractivity contribution in [2.75, 3.05) is 18.4 Å². The van der Waals surface area contributed by atoms with Crippen LogP contribution in [0.5, 0.6) is 0 Å². The molecule has 4 rings (SSSR count). The summed E-state index contributed by atoms with van der Waals surface area (Å²) in [4.78, 5) is 27.4. The number of hydrogen-bond acceptors (Lipinski definition) is 5. The van der Waals surface area contributed by atoms with E-state index in [4.69, 9.17) is 4.98 Å². The Kier molecular flexibility index (Phi) is 7.03. The van der Waals surface area contributed by atoms with Gasteiger partial charge in [0.1, 0.15) is 12.1 Å². The molecule has 0 bridgehead atoms. The fourth-order valence-electron chi connectivity index (χ4n) is 3.91. The highest BCUT2D eigenvalue weighted by Crippen LogP contribution is 2.23. The number of amides is 1. The Morgan fingerprint density at radius 1 is 1.23 bits per heavy atom. The first kappa shape index (κ1) is 21.7. The number of piperidine rings is 1. The van der Waals surface area contributed by atoms with Crippen LogP contribution in [0.1, 0.15) is 46.2 Å². The van der Waals surface area contributed by atoms with Crippen LogP contribution in [0.3, 0.4) is 0 Å². The summed E-state index contributed by atoms with van der Waals surface area (Å²) in [6, 6.07) is 10.1. The number of likely N-dealkylation sites (tertiary alicyclic amines) is 1. The predicted octanol–water partition coefficient (Wildman–Crippen LogP) is 4.21. The lowest BCUT2D eigenvalue weighted by Gasteiger charge is -2.35. The van der Waals surface area contributed by atoms with Gasteiger partial charge < -0.3 is 10.2 Å². The van der Waals surface area contributed by atoms with E-state index < -0.39 is 0 Å². The molecule has 2 unspecified atom stereocenters. The minimum absolute atomic E-state index is 0.151. The number of para-hydroxylation sites is 2. The number of anilines is 1. The van der Waals surface area contributed by atoms with Gasteiger partial charge in [-0.2, -0.15) is 4.98 Å². The van der Waals surface area contributed by atoms with Gasteiger partial charge in [0.2, 0.25) is 11.9 Å². The van der Waals surface area contributed by atoms with Gasteiger partial charge in [-0.05, 0) is 44.7 Å². The van der Waals surface area contributed by atoms with Crippen LogP contribution in [0.4, 0.5) is 5.95 Å². The van der Waals surface area contributed by atoms with Crippen molar-refractivity contribution in [3.63, 3.8) is 0 Å². The molecule has 2 aromatic heterocycles. The van der Waals surface area contributed by atoms with Crippen molar-refractivity contribution >= 4 is 22.9 Å². The second-order valence-corrected chi connectivity index (χ2v) is 7.59. The lowest BCUT2D eigenvalue weighted by molar-refractivity contribution is -0.130. The number of benzene rings is 1. The van der Waals surface area contributed by atoms with Gasteiger partial charge in [0.15, 0.2) is 0 Å². The number of fused-ring (bicyclic) bond motifs is 1. The molecule has 1 aromatic carbocycles. The van der Waals surface area contributed by atoms with Crippen molar-refractivity contribution in [3.8, 4) is 5.82 Å². The summed E-state index contributed by atoms with van der Waals surface area (Å²) >= 11 is 0. The number of nitrogens with one attached hydrogen (secondary N) is 1. The molecule has 1 saturated heterocycles. The fraction of sp³-hybridized carbons (Fsp3) is 0.478. The van der Waals surface area contributed by atoms with E-state index in [2.05, 4.69) is 22.2 Å². The Bertz CT molecular complexity index is 998. The zero-order valence-corrected chi connectivity index (χ0v) is 18.6. The molecule has 0 spiro atoms. The number of imidazole rings is 1. The van der Waals surface area contributed by atoms with E-state index in [0.29, 0.717) is 11.9 Å². The molecule has 160 valence electrons. The molecule has 2 atom stereocenters. The number of aryl methyl sites for hydroxylation is 1. The molecule has 7 heteroatoms. The maximum atomic E-state index is 11.7. The summed E-state index contributed by atoms with van der Waals surface area (Å²) < 4.78 is 1.98. The molecule has 1 aliphatic heterocycles. The second kappa shape index (κ2) is 9.69. The average Bonchev–Trinajstić information content (AvgIpc) is 3.19. The van der Waals surface area contributed by atoms with Crippen LogP contribution in [-0.2, 0) is 4.79 Å². The molecular weight excluding hydrogens is 376 g/mol. The Hall–Kier alpha value is -2.96. The number of carbonyl (C=O) groups excluding carboxylic acids is 1. The van der Waals surface area contributed by atoms with E-state index in [-0.39, 0.29) is 11.9 Å². The molecule has 1 fully saturated rings. The van der Waals surface area contributed by atoms with Crippen molar-refractivity contribution in [2.45, 2.75) is 53.5 Å². The average molecular weight is 409 g/mol. The van der Waals surface area contributed by atoms with E-state index in [1.807, 2.05) is 60.6 Å². The van der Waals surface area contributed by atoms with Crippen LogP contribution in [0, 0.1) is 12.8 Å². The van der Waals surface area contributed by atoms with Gasteiger partial charge in [-0.25, -0.2) is 9.97 Å². The van der Waals surface area contributed by atoms with Gasteiger partial charge in [-0.1, -0.05) is 26.0 Å². The number of aromatic nitrogens is 4. The van der Waals surface area contributed by atoms with Crippen molar-refractivity contribution < 1.29 is 4.79 Å². The first-order chi connectivity index (χ1) is 14.5. The van der Waals surface area contributed by atoms with Crippen molar-refractivity contribution in [1.29, 1.82) is 0 Å². The monoisotopic (exact) mass is 408 g/mol. The van der Waals surface area contributed by atoms with Crippen molar-refractivity contribution in [3.05, 3.63) is 42.4 Å². The van der Waals surface area contributed by atoms with Crippen molar-refractivity contribution in [1.82, 2.24) is 24.4 Å². The van der Waals surface area contributed by atoms with E-state index in [0.717, 1.165) is 48.5 Å². The van der Waals surface area contributed by atoms with Crippen LogP contribution < -0.4 is 5.32 Å². The number of hydrogen-bond donors (Lipinski definition) is 1. The largest absolute Gasteiger partial charge is 0.351 e. The summed E-state index contributed by atoms with van der Waals surface area (Å²) in [7, 11) is 0. The zero-order chi connectivity index (χ0) is 21.7. The maximum absolute atomic E-state index is 11.7. The lowest BCUT2D eigenvalue weighted by Crippen LogP contribution is -2.44. The highest BCUT2D eigenvalue weighted by Gasteiger charge is 2.26. The molecule has 7 nitrogen and oxygen atoms in total. The van der Waals surface area contributed by atoms with E-state index in [9.17, 15) is 4.79 Å². The first-order valence-electron chi connectivity index (χ1n) is 10.8. The third-order valence-electron chi connectivity index (χ3n) is 5.51. The normalized spacial score (nSPS) is 17.2. The zero-order valence-electron chi connectivity index (χ0n) is 18.6. The van der Waals surface area contributed by atoms with Gasteiger partial charge in [-0.3, -0.25) is 9.36 Å². The molecule has 3 aromatic rings. The van der Waals surface area contributed by atoms with Gasteiger partial charge >= 0.3 is 0 Å². The van der Waals surface area contributed by atoms with Crippen LogP contribution in [0.25, 0.3) is 16.9 Å². The summed E-state index contributed by atoms with van der Waals surface area (Å²) in [5.41, 5.74) is 2.85. The number of nitrogens with zero attached hydrogens (tertiary/aromatic N) is 5. The van der Waals surface area contributed by atoms with Gasteiger partial charge in [-0.15, -0.1) is 0 Å². The number of rotatable bonds is 4. The standard InChI is InChI=1S/C21H26N6O.C2H6/c1-14-11-20(27-13-22-18-8-4-5-9-19(18)27)25-21(23-14)24-15(2)17-7-6-10-26(12-17)16(3)28;1-2/h4-5,8-9,11,13,15,17H,6-7,10,12H2,1-3H3,(H,23,24,25);1-2H3. The summed E-state index contributed by atoms with van der Waals surface area (Å²) in [6.45, 7) is 11.4. The summed E-state index contributed by atoms with van der Waals surface area (Å²) in [6.07, 6.45) is 3.94. The first-order valence-corrected chi connectivity index (χ1v) is 10.8. The van der Waals surface area contributed by atoms with E-state index in [1.165, 1.54) is 0 Å². The van der Waals surface area contributed by atoms with E-state index >= 15 is 0 Å². The molecular formula is C23H32N6O. The molecule has 1 amide bonds. The minimum Gasteiger partial charge on any atom is -0.351 e. The van der Waals surface area contributed by atoms with Crippen LogP contribution in [0.15, 0.2) is 36.7 Å². The molecule has 0 radical (unpaired) electrons. The predicted molar refractivity (Wildman–Crippen MR) is 121 cm³/mol. The van der Waals surface area contributed by atoms with Crippen LogP contribution in [-0.4, -0.2) is 49.5 Å². The highest BCUT2D eigenvalue weighted by molar-refractivity contribution is 5.76. The molecule has 0 aliphatic carbocycles. The molecule has 30 heavy (non-hydrogen) atoms. The van der Waals surface area contributed by atoms with Gasteiger partial charge in [0.05, 0.1) is 11.0 Å². The Labute approximate surface area is 178 Å². The molecule has 0 saturated carbocycles. The summed E-state index contributed by atoms with van der Waals surface area (Å²) in [5, 5.41) is 3.47. The quantitative estimate of drug-likeness (QED) is 0.700. The Morgan fingerprint density at radius 3 is 2.77 bits per heavy atom. The smallest absolute Gasteiger partial charge is 0.225 e. The molecule has 1 N–H and O–H groups in total. The van der Waals surface area contributed by atoms with Crippen LogP contribution >= 0.6 is 0 Å². The third kappa shape index (κ3) is 4.78. The summed E-state index contributed by atoms with van der Waals surface area (Å²) in [5.74, 6) is 1.95. The molecule has 3 heterocycles. The topological polar surface area (TPSA) is 75.9 Å². The van der Waals surface area contributed by atoms with Gasteiger partial charge in [0, 0.05) is 37.8 Å². The van der Waals surface area contributed by atoms with Crippen molar-refractivity contribution in [2.24, 2.45) is 5.92 Å². The molecule has 1 aliphatic rings. The Morgan fingerprint density at radius 2 is 2.00 bits per heavy atom.